The van der Waals surface area contributed by atoms with E-state index in [1.54, 1.807) is 0 Å². The highest BCUT2D eigenvalue weighted by Gasteiger charge is 2.36. The number of hydrogen-bond donors (Lipinski definition) is 7. The van der Waals surface area contributed by atoms with Crippen LogP contribution in [-0.2, 0) is 27.2 Å². The van der Waals surface area contributed by atoms with Crippen LogP contribution in [0.2, 0.25) is 0 Å². The number of benzene rings is 2. The van der Waals surface area contributed by atoms with Crippen LogP contribution in [0.4, 0.5) is 5.82 Å². The van der Waals surface area contributed by atoms with E-state index < -0.39 is 12.0 Å². The number of nitrogens with two attached hydrogens (primary N) is 1. The lowest BCUT2D eigenvalue weighted by molar-refractivity contribution is -0.131. The second-order valence-corrected chi connectivity index (χ2v) is 14.6. The molecule has 11 nitrogen and oxygen atoms in total. The lowest BCUT2D eigenvalue weighted by Crippen LogP contribution is -2.49. The molecule has 0 radical (unpaired) electrons. The molecule has 280 valence electrons. The van der Waals surface area contributed by atoms with Crippen LogP contribution in [-0.4, -0.2) is 76.1 Å². The minimum atomic E-state index is -1.06. The summed E-state index contributed by atoms with van der Waals surface area (Å²) in [5.74, 6) is 0.354. The van der Waals surface area contributed by atoms with Gasteiger partial charge in [0.05, 0.1) is 24.7 Å². The molecule has 8 N–H and O–H groups in total. The molecule has 0 bridgehead atoms. The van der Waals surface area contributed by atoms with Crippen molar-refractivity contribution in [3.8, 4) is 0 Å². The van der Waals surface area contributed by atoms with Crippen molar-refractivity contribution in [2.45, 2.75) is 108 Å². The summed E-state index contributed by atoms with van der Waals surface area (Å²) in [5, 5.41) is 38.1. The summed E-state index contributed by atoms with van der Waals surface area (Å²) < 4.78 is 0. The van der Waals surface area contributed by atoms with Crippen LogP contribution in [0.15, 0.2) is 65.3 Å². The first-order valence-electron chi connectivity index (χ1n) is 18.9. The molecule has 1 aliphatic heterocycles. The van der Waals surface area contributed by atoms with Crippen LogP contribution in [0.25, 0.3) is 10.8 Å². The Bertz CT molecular complexity index is 1690. The average Bonchev–Trinajstić information content (AvgIpc) is 3.65. The third kappa shape index (κ3) is 10.5. The Balaban J connectivity index is 1.44. The Labute approximate surface area is 306 Å². The SMILES string of the molecule is NC1=NC(C(=CC(=O)O)C(CC2CCc3cc4ccc(CC=O)cc4cc3C2CCCCCCC(C=O)CCCO)Nc2ccc[nH]2)CC(CO)N1. The fourth-order valence-corrected chi connectivity index (χ4v) is 8.31. The first-order chi connectivity index (χ1) is 25.3. The highest BCUT2D eigenvalue weighted by molar-refractivity contribution is 5.86. The van der Waals surface area contributed by atoms with Crippen molar-refractivity contribution in [1.29, 1.82) is 0 Å². The highest BCUT2D eigenvalue weighted by Crippen LogP contribution is 2.44. The third-order valence-corrected chi connectivity index (χ3v) is 10.9. The molecule has 11 heteroatoms. The van der Waals surface area contributed by atoms with Crippen molar-refractivity contribution < 1.29 is 29.7 Å². The number of aryl methyl sites for hydroxylation is 1. The molecule has 1 aromatic heterocycles. The Kier molecular flexibility index (Phi) is 14.4. The van der Waals surface area contributed by atoms with Crippen LogP contribution in [0.3, 0.4) is 0 Å². The number of unbranched alkanes of at least 4 members (excludes halogenated alkanes) is 3. The number of carbonyl (C=O) groups excluding carboxylic acids is 2. The van der Waals surface area contributed by atoms with Gasteiger partial charge in [-0.05, 0) is 108 Å². The van der Waals surface area contributed by atoms with Crippen molar-refractivity contribution in [2.75, 3.05) is 18.5 Å². The molecule has 52 heavy (non-hydrogen) atoms. The minimum absolute atomic E-state index is 0.00332. The van der Waals surface area contributed by atoms with Gasteiger partial charge in [-0.1, -0.05) is 56.0 Å². The van der Waals surface area contributed by atoms with Crippen molar-refractivity contribution in [2.24, 2.45) is 22.6 Å². The number of H-pyrrole nitrogens is 1. The van der Waals surface area contributed by atoms with Gasteiger partial charge in [0, 0.05) is 31.2 Å². The number of carboxylic acid groups (broad SMARTS) is 1. The number of aliphatic imine (C=N–C) groups is 1. The number of hydrogen-bond acceptors (Lipinski definition) is 9. The van der Waals surface area contributed by atoms with E-state index in [9.17, 15) is 24.6 Å². The number of nitrogens with zero attached hydrogens (tertiary/aromatic N) is 1. The van der Waals surface area contributed by atoms with E-state index in [-0.39, 0.29) is 49.0 Å². The Morgan fingerprint density at radius 2 is 1.87 bits per heavy atom. The Morgan fingerprint density at radius 3 is 2.60 bits per heavy atom. The standard InChI is InChI=1S/C41H55N5O6/c42-41-44-33(26-50)23-38(46-41)36(24-40(51)52)37(45-39-10-5-16-43-39)22-31-14-13-30-20-29-12-11-27(15-18-48)19-32(29)21-35(30)34(31)9-4-2-1-3-7-28(25-49)8-6-17-47/h5,10-12,16,18-21,24-25,28,31,33-34,37-38,43,45,47,50H,1-4,6-9,13-15,17,22-23,26H2,(H,51,52)(H3,42,44,46). The third-order valence-electron chi connectivity index (χ3n) is 10.9. The van der Waals surface area contributed by atoms with Crippen LogP contribution >= 0.6 is 0 Å². The van der Waals surface area contributed by atoms with Gasteiger partial charge in [0.2, 0.25) is 0 Å². The molecule has 0 spiro atoms. The molecule has 0 amide bonds. The minimum Gasteiger partial charge on any atom is -0.478 e. The van der Waals surface area contributed by atoms with Crippen molar-refractivity contribution in [3.63, 3.8) is 0 Å². The van der Waals surface area contributed by atoms with Gasteiger partial charge in [0.15, 0.2) is 5.96 Å². The smallest absolute Gasteiger partial charge is 0.328 e. The van der Waals surface area contributed by atoms with E-state index in [0.29, 0.717) is 31.3 Å². The number of aromatic amines is 1. The zero-order valence-electron chi connectivity index (χ0n) is 30.0. The van der Waals surface area contributed by atoms with Gasteiger partial charge in [-0.3, -0.25) is 0 Å². The molecule has 0 fully saturated rings. The fraction of sp³-hybridized carbons (Fsp3) is 0.512. The zero-order valence-corrected chi connectivity index (χ0v) is 30.0. The molecular formula is C41H55N5O6. The summed E-state index contributed by atoms with van der Waals surface area (Å²) in [6.07, 6.45) is 15.6. The number of rotatable bonds is 21. The predicted octanol–water partition coefficient (Wildman–Crippen LogP) is 5.40. The molecule has 3 aromatic rings. The summed E-state index contributed by atoms with van der Waals surface area (Å²) >= 11 is 0. The number of aliphatic hydroxyl groups excluding tert-OH is 2. The largest absolute Gasteiger partial charge is 0.478 e. The summed E-state index contributed by atoms with van der Waals surface area (Å²) in [4.78, 5) is 43.0. The number of anilines is 1. The van der Waals surface area contributed by atoms with Gasteiger partial charge in [-0.25, -0.2) is 9.79 Å². The van der Waals surface area contributed by atoms with Gasteiger partial charge >= 0.3 is 5.97 Å². The maximum absolute atomic E-state index is 12.3. The lowest BCUT2D eigenvalue weighted by atomic mass is 9.69. The van der Waals surface area contributed by atoms with Gasteiger partial charge in [-0.2, -0.15) is 0 Å². The van der Waals surface area contributed by atoms with Crippen molar-refractivity contribution >= 4 is 41.1 Å². The normalized spacial score (nSPS) is 21.4. The molecule has 6 unspecified atom stereocenters. The van der Waals surface area contributed by atoms with E-state index in [4.69, 9.17) is 10.8 Å². The first kappa shape index (κ1) is 38.7. The molecule has 2 aromatic carbocycles. The maximum Gasteiger partial charge on any atom is 0.328 e. The van der Waals surface area contributed by atoms with Crippen LogP contribution in [0.1, 0.15) is 93.2 Å². The number of aromatic nitrogens is 1. The van der Waals surface area contributed by atoms with Crippen LogP contribution < -0.4 is 16.4 Å². The molecule has 5 rings (SSSR count). The van der Waals surface area contributed by atoms with E-state index in [1.165, 1.54) is 17.2 Å². The molecule has 0 saturated heterocycles. The molecule has 0 saturated carbocycles. The number of guanidine groups is 1. The number of carboxylic acids is 1. The van der Waals surface area contributed by atoms with E-state index >= 15 is 0 Å². The topological polar surface area (TPSA) is 190 Å². The van der Waals surface area contributed by atoms with Crippen LogP contribution in [0.5, 0.6) is 0 Å². The number of nitrogens with one attached hydrogen (secondary N) is 3. The van der Waals surface area contributed by atoms with Crippen LogP contribution in [0, 0.1) is 11.8 Å². The molecule has 2 heterocycles. The Hall–Kier alpha value is -4.48. The molecule has 2 aliphatic rings. The van der Waals surface area contributed by atoms with E-state index in [2.05, 4.69) is 44.9 Å². The zero-order chi connectivity index (χ0) is 36.9. The quantitative estimate of drug-likeness (QED) is 0.0430. The number of aliphatic hydroxyl groups is 2. The fourth-order valence-electron chi connectivity index (χ4n) is 8.31. The number of aldehydes is 2. The van der Waals surface area contributed by atoms with Gasteiger partial charge in [0.1, 0.15) is 18.4 Å². The van der Waals surface area contributed by atoms with Gasteiger partial charge in [-0.15, -0.1) is 0 Å². The maximum atomic E-state index is 12.3. The summed E-state index contributed by atoms with van der Waals surface area (Å²) in [6, 6.07) is 13.5. The summed E-state index contributed by atoms with van der Waals surface area (Å²) in [7, 11) is 0. The second-order valence-electron chi connectivity index (χ2n) is 14.6. The van der Waals surface area contributed by atoms with E-state index in [1.807, 2.05) is 24.4 Å². The van der Waals surface area contributed by atoms with Crippen molar-refractivity contribution in [1.82, 2.24) is 10.3 Å². The average molecular weight is 714 g/mol. The number of aliphatic carboxylic acids is 1. The highest BCUT2D eigenvalue weighted by atomic mass is 16.4. The molecule has 6 atom stereocenters. The number of carbonyl (C=O) groups is 3. The predicted molar refractivity (Wildman–Crippen MR) is 204 cm³/mol. The molecule has 1 aliphatic carbocycles. The first-order valence-corrected chi connectivity index (χ1v) is 18.9. The second kappa shape index (κ2) is 19.4. The monoisotopic (exact) mass is 713 g/mol. The van der Waals surface area contributed by atoms with Crippen molar-refractivity contribution in [3.05, 3.63) is 77.0 Å². The Morgan fingerprint density at radius 1 is 1.04 bits per heavy atom. The lowest BCUT2D eigenvalue weighted by Gasteiger charge is -2.38. The van der Waals surface area contributed by atoms with E-state index in [0.717, 1.165) is 92.5 Å². The van der Waals surface area contributed by atoms with Gasteiger partial charge in [0.25, 0.3) is 0 Å². The molecular weight excluding hydrogens is 658 g/mol. The summed E-state index contributed by atoms with van der Waals surface area (Å²) in [6.45, 7) is -0.0381. The number of fused-ring (bicyclic) bond motifs is 2. The van der Waals surface area contributed by atoms with Gasteiger partial charge < -0.3 is 46.3 Å². The summed E-state index contributed by atoms with van der Waals surface area (Å²) in [5.41, 5.74) is 10.4.